The number of pyridine rings is 1. The summed E-state index contributed by atoms with van der Waals surface area (Å²) in [6.45, 7) is 2.36. The van der Waals surface area contributed by atoms with Gasteiger partial charge in [0.2, 0.25) is 5.91 Å². The van der Waals surface area contributed by atoms with Crippen molar-refractivity contribution in [2.75, 3.05) is 45.7 Å². The van der Waals surface area contributed by atoms with Crippen LogP contribution >= 0.6 is 0 Å². The lowest BCUT2D eigenvalue weighted by Crippen LogP contribution is -2.38. The summed E-state index contributed by atoms with van der Waals surface area (Å²) in [4.78, 5) is 25.5. The largest absolute Gasteiger partial charge is 0.370 e. The van der Waals surface area contributed by atoms with Gasteiger partial charge in [-0.05, 0) is 30.2 Å². The number of likely N-dealkylation sites (N-methyl/N-ethyl adjacent to an activating group) is 1. The van der Waals surface area contributed by atoms with E-state index < -0.39 is 11.6 Å². The van der Waals surface area contributed by atoms with Gasteiger partial charge in [-0.1, -0.05) is 6.08 Å². The number of hydrogen-bond donors (Lipinski definition) is 1. The maximum atomic E-state index is 15.1. The van der Waals surface area contributed by atoms with Crippen LogP contribution in [0.1, 0.15) is 17.7 Å². The van der Waals surface area contributed by atoms with Crippen molar-refractivity contribution in [2.45, 2.75) is 13.0 Å². The first-order valence-corrected chi connectivity index (χ1v) is 10.7. The average molecular weight is 437 g/mol. The number of H-pyrrole nitrogens is 1. The van der Waals surface area contributed by atoms with Crippen molar-refractivity contribution in [3.63, 3.8) is 0 Å². The second-order valence-corrected chi connectivity index (χ2v) is 8.70. The molecule has 3 aromatic rings. The van der Waals surface area contributed by atoms with Crippen LogP contribution in [0.3, 0.4) is 0 Å². The van der Waals surface area contributed by atoms with Gasteiger partial charge in [-0.3, -0.25) is 9.69 Å². The van der Waals surface area contributed by atoms with Crippen molar-refractivity contribution in [1.29, 1.82) is 0 Å². The number of nitrogens with zero attached hydrogens (tertiary/aromatic N) is 4. The number of carbonyl (C=O) groups excluding carboxylic acids is 1. The fraction of sp³-hybridized carbons (Fsp3) is 0.333. The zero-order chi connectivity index (χ0) is 22.6. The third-order valence-electron chi connectivity index (χ3n) is 6.39. The SMILES string of the molecule is CN(C)C(=O)CN1CC=C(c2[nH]c3ncc(F)c4c3c2CN(C)c2ccc(F)cc2-4)CC1. The minimum absolute atomic E-state index is 0.0787. The van der Waals surface area contributed by atoms with Gasteiger partial charge in [-0.15, -0.1) is 0 Å². The van der Waals surface area contributed by atoms with Crippen molar-refractivity contribution < 1.29 is 13.6 Å². The molecule has 0 unspecified atom stereocenters. The number of rotatable bonds is 3. The van der Waals surface area contributed by atoms with Gasteiger partial charge >= 0.3 is 0 Å². The Morgan fingerprint density at radius 1 is 1.28 bits per heavy atom. The van der Waals surface area contributed by atoms with Crippen molar-refractivity contribution in [3.05, 3.63) is 53.4 Å². The van der Waals surface area contributed by atoms with Crippen LogP contribution in [0.25, 0.3) is 27.7 Å². The molecule has 1 N–H and O–H groups in total. The first-order valence-electron chi connectivity index (χ1n) is 10.7. The molecule has 0 aliphatic carbocycles. The molecule has 1 amide bonds. The van der Waals surface area contributed by atoms with Crippen LogP contribution in [0.2, 0.25) is 0 Å². The van der Waals surface area contributed by atoms with E-state index in [1.807, 2.05) is 11.9 Å². The number of carbonyl (C=O) groups is 1. The highest BCUT2D eigenvalue weighted by Crippen LogP contribution is 2.44. The van der Waals surface area contributed by atoms with E-state index in [1.165, 1.54) is 18.3 Å². The van der Waals surface area contributed by atoms with Crippen LogP contribution in [0.4, 0.5) is 14.5 Å². The first-order chi connectivity index (χ1) is 15.3. The molecule has 6 nitrogen and oxygen atoms in total. The van der Waals surface area contributed by atoms with Gasteiger partial charge in [0.25, 0.3) is 0 Å². The number of aromatic nitrogens is 2. The molecule has 2 aromatic heterocycles. The highest BCUT2D eigenvalue weighted by atomic mass is 19.1. The molecule has 8 heteroatoms. The van der Waals surface area contributed by atoms with Crippen molar-refractivity contribution in [3.8, 4) is 11.1 Å². The normalized spacial score (nSPS) is 16.0. The molecule has 166 valence electrons. The van der Waals surface area contributed by atoms with E-state index in [4.69, 9.17) is 0 Å². The van der Waals surface area contributed by atoms with E-state index in [9.17, 15) is 9.18 Å². The second-order valence-electron chi connectivity index (χ2n) is 8.70. The van der Waals surface area contributed by atoms with E-state index in [0.717, 1.165) is 35.5 Å². The molecular weight excluding hydrogens is 412 g/mol. The Labute approximate surface area is 185 Å². The van der Waals surface area contributed by atoms with Gasteiger partial charge in [-0.25, -0.2) is 13.8 Å². The molecule has 0 bridgehead atoms. The summed E-state index contributed by atoms with van der Waals surface area (Å²) in [6, 6.07) is 4.50. The lowest BCUT2D eigenvalue weighted by atomic mass is 9.97. The predicted octanol–water partition coefficient (Wildman–Crippen LogP) is 3.64. The van der Waals surface area contributed by atoms with Crippen LogP contribution in [-0.2, 0) is 11.3 Å². The third-order valence-corrected chi connectivity index (χ3v) is 6.39. The van der Waals surface area contributed by atoms with Gasteiger partial charge in [0.05, 0.1) is 12.7 Å². The zero-order valence-electron chi connectivity index (χ0n) is 18.4. The zero-order valence-corrected chi connectivity index (χ0v) is 18.4. The molecule has 0 radical (unpaired) electrons. The fourth-order valence-corrected chi connectivity index (χ4v) is 4.67. The Morgan fingerprint density at radius 3 is 2.81 bits per heavy atom. The highest BCUT2D eigenvalue weighted by Gasteiger charge is 2.29. The first kappa shape index (κ1) is 20.6. The van der Waals surface area contributed by atoms with Gasteiger partial charge < -0.3 is 14.8 Å². The minimum atomic E-state index is -0.461. The topological polar surface area (TPSA) is 55.5 Å². The summed E-state index contributed by atoms with van der Waals surface area (Å²) >= 11 is 0. The van der Waals surface area contributed by atoms with Crippen LogP contribution in [-0.4, -0.2) is 66.5 Å². The number of halogens is 2. The maximum absolute atomic E-state index is 15.1. The van der Waals surface area contributed by atoms with Crippen molar-refractivity contribution in [1.82, 2.24) is 19.8 Å². The quantitative estimate of drug-likeness (QED) is 0.680. The van der Waals surface area contributed by atoms with Crippen LogP contribution in [0, 0.1) is 11.6 Å². The Balaban J connectivity index is 1.59. The summed E-state index contributed by atoms with van der Waals surface area (Å²) in [5.41, 5.74) is 5.34. The molecule has 4 heterocycles. The summed E-state index contributed by atoms with van der Waals surface area (Å²) in [6.07, 6.45) is 4.09. The summed E-state index contributed by atoms with van der Waals surface area (Å²) < 4.78 is 29.2. The lowest BCUT2D eigenvalue weighted by molar-refractivity contribution is -0.129. The summed E-state index contributed by atoms with van der Waals surface area (Å²) in [5, 5.41) is 0.710. The number of aromatic amines is 1. The number of amides is 1. The molecule has 0 atom stereocenters. The number of nitrogens with one attached hydrogen (secondary N) is 1. The fourth-order valence-electron chi connectivity index (χ4n) is 4.67. The maximum Gasteiger partial charge on any atom is 0.236 e. The monoisotopic (exact) mass is 437 g/mol. The van der Waals surface area contributed by atoms with Gasteiger partial charge in [0, 0.05) is 74.2 Å². The highest BCUT2D eigenvalue weighted by molar-refractivity contribution is 6.03. The van der Waals surface area contributed by atoms with E-state index >= 15 is 4.39 Å². The number of anilines is 1. The van der Waals surface area contributed by atoms with Crippen LogP contribution in [0.5, 0.6) is 0 Å². The number of hydrogen-bond acceptors (Lipinski definition) is 4. The number of fused-ring (bicyclic) bond motifs is 2. The van der Waals surface area contributed by atoms with Crippen molar-refractivity contribution in [2.24, 2.45) is 0 Å². The predicted molar refractivity (Wildman–Crippen MR) is 121 cm³/mol. The third kappa shape index (κ3) is 3.35. The van der Waals surface area contributed by atoms with Crippen LogP contribution in [0.15, 0.2) is 30.5 Å². The average Bonchev–Trinajstić information content (AvgIpc) is 3.06. The molecule has 5 rings (SSSR count). The molecule has 0 fully saturated rings. The second kappa shape index (κ2) is 7.70. The summed E-state index contributed by atoms with van der Waals surface area (Å²) in [7, 11) is 5.45. The van der Waals surface area contributed by atoms with Gasteiger partial charge in [0.15, 0.2) is 0 Å². The lowest BCUT2D eigenvalue weighted by Gasteiger charge is -2.27. The Bertz CT molecular complexity index is 1260. The molecule has 0 saturated heterocycles. The molecular formula is C24H25F2N5O. The minimum Gasteiger partial charge on any atom is -0.370 e. The molecule has 0 saturated carbocycles. The molecule has 0 spiro atoms. The Kier molecular flexibility index (Phi) is 4.97. The van der Waals surface area contributed by atoms with E-state index in [2.05, 4.69) is 20.9 Å². The summed E-state index contributed by atoms with van der Waals surface area (Å²) in [5.74, 6) is -0.782. The molecule has 32 heavy (non-hydrogen) atoms. The molecule has 2 aliphatic rings. The number of benzene rings is 1. The standard InChI is InChI=1S/C24H25F2N5O/c1-29(2)20(32)13-31-8-6-14(7-9-31)23-17-12-30(3)19-5-4-15(25)10-16(19)21-18(26)11-27-24(28-23)22(17)21/h4-6,10-11H,7-9,12-13H2,1-3H3,(H,27,28). The smallest absolute Gasteiger partial charge is 0.236 e. The Hall–Kier alpha value is -3.26. The van der Waals surface area contributed by atoms with Crippen molar-refractivity contribution >= 4 is 28.2 Å². The van der Waals surface area contributed by atoms with E-state index in [0.29, 0.717) is 41.8 Å². The van der Waals surface area contributed by atoms with E-state index in [1.54, 1.807) is 25.1 Å². The van der Waals surface area contributed by atoms with Crippen LogP contribution < -0.4 is 4.90 Å². The molecule has 1 aromatic carbocycles. The van der Waals surface area contributed by atoms with Gasteiger partial charge in [0.1, 0.15) is 17.3 Å². The van der Waals surface area contributed by atoms with Gasteiger partial charge in [-0.2, -0.15) is 0 Å². The molecule has 2 aliphatic heterocycles. The Morgan fingerprint density at radius 2 is 2.09 bits per heavy atom. The van der Waals surface area contributed by atoms with E-state index in [-0.39, 0.29) is 5.91 Å².